The summed E-state index contributed by atoms with van der Waals surface area (Å²) < 4.78 is 0. The lowest BCUT2D eigenvalue weighted by Gasteiger charge is -2.20. The Morgan fingerprint density at radius 3 is 2.57 bits per heavy atom. The topological polar surface area (TPSA) is 42.0 Å². The lowest BCUT2D eigenvalue weighted by Crippen LogP contribution is -2.25. The average molecular weight is 192 g/mol. The number of rotatable bonds is 1. The second-order valence-corrected chi connectivity index (χ2v) is 4.23. The number of hydrogen-bond acceptors (Lipinski definition) is 2. The van der Waals surface area contributed by atoms with Gasteiger partial charge in [-0.3, -0.25) is 9.78 Å². The molecule has 3 nitrogen and oxygen atoms in total. The Labute approximate surface area is 84.6 Å². The van der Waals surface area contributed by atoms with E-state index >= 15 is 0 Å². The van der Waals surface area contributed by atoms with Gasteiger partial charge >= 0.3 is 0 Å². The smallest absolute Gasteiger partial charge is 0.269 e. The number of carbonyl (C=O) groups excluding carboxylic acids is 1. The molecule has 3 heteroatoms. The zero-order valence-corrected chi connectivity index (χ0v) is 9.09. The zero-order valence-electron chi connectivity index (χ0n) is 9.09. The quantitative estimate of drug-likeness (QED) is 0.736. The van der Waals surface area contributed by atoms with E-state index in [1.165, 1.54) is 0 Å². The summed E-state index contributed by atoms with van der Waals surface area (Å²) in [4.78, 5) is 15.6. The van der Waals surface area contributed by atoms with Gasteiger partial charge in [0.25, 0.3) is 5.91 Å². The van der Waals surface area contributed by atoms with Crippen molar-refractivity contribution in [2.24, 2.45) is 0 Å². The molecule has 0 aliphatic carbocycles. The largest absolute Gasteiger partial charge is 0.354 e. The number of nitrogens with zero attached hydrogens (tertiary/aromatic N) is 1. The summed E-state index contributed by atoms with van der Waals surface area (Å²) in [6.45, 7) is 6.20. The molecule has 14 heavy (non-hydrogen) atoms. The molecule has 1 heterocycles. The fraction of sp³-hybridized carbons (Fsp3) is 0.455. The van der Waals surface area contributed by atoms with Crippen molar-refractivity contribution in [3.05, 3.63) is 29.6 Å². The molecular weight excluding hydrogens is 176 g/mol. The molecule has 0 saturated carbocycles. The molecule has 0 radical (unpaired) electrons. The molecule has 0 aliphatic rings. The minimum atomic E-state index is -0.129. The third-order valence-corrected chi connectivity index (χ3v) is 2.06. The molecule has 0 saturated heterocycles. The van der Waals surface area contributed by atoms with Gasteiger partial charge in [0.1, 0.15) is 5.69 Å². The van der Waals surface area contributed by atoms with Gasteiger partial charge < -0.3 is 5.32 Å². The Morgan fingerprint density at radius 2 is 2.07 bits per heavy atom. The molecule has 0 unspecified atom stereocenters. The second kappa shape index (κ2) is 3.78. The predicted octanol–water partition coefficient (Wildman–Crippen LogP) is 1.74. The van der Waals surface area contributed by atoms with Gasteiger partial charge in [0.05, 0.1) is 0 Å². The highest BCUT2D eigenvalue weighted by molar-refractivity contribution is 5.93. The SMILES string of the molecule is CNC(=O)c1ncccc1C(C)(C)C. The Kier molecular flexibility index (Phi) is 2.89. The minimum Gasteiger partial charge on any atom is -0.354 e. The van der Waals surface area contributed by atoms with Crippen LogP contribution in [0.4, 0.5) is 0 Å². The summed E-state index contributed by atoms with van der Waals surface area (Å²) in [6, 6.07) is 3.80. The maximum absolute atomic E-state index is 11.5. The van der Waals surface area contributed by atoms with E-state index in [1.54, 1.807) is 13.2 Å². The van der Waals surface area contributed by atoms with E-state index in [4.69, 9.17) is 0 Å². The summed E-state index contributed by atoms with van der Waals surface area (Å²) in [5.41, 5.74) is 1.43. The average Bonchev–Trinajstić information content (AvgIpc) is 2.15. The molecule has 0 fully saturated rings. The summed E-state index contributed by atoms with van der Waals surface area (Å²) >= 11 is 0. The molecule has 1 rings (SSSR count). The summed E-state index contributed by atoms with van der Waals surface area (Å²) in [7, 11) is 1.61. The minimum absolute atomic E-state index is 0.0594. The van der Waals surface area contributed by atoms with Crippen LogP contribution in [0.5, 0.6) is 0 Å². The van der Waals surface area contributed by atoms with E-state index in [0.29, 0.717) is 5.69 Å². The van der Waals surface area contributed by atoms with Crippen LogP contribution in [0, 0.1) is 0 Å². The Morgan fingerprint density at radius 1 is 1.43 bits per heavy atom. The third kappa shape index (κ3) is 2.10. The van der Waals surface area contributed by atoms with E-state index in [-0.39, 0.29) is 11.3 Å². The fourth-order valence-corrected chi connectivity index (χ4v) is 1.31. The van der Waals surface area contributed by atoms with Crippen LogP contribution < -0.4 is 5.32 Å². The monoisotopic (exact) mass is 192 g/mol. The molecule has 0 aromatic carbocycles. The first kappa shape index (κ1) is 10.7. The van der Waals surface area contributed by atoms with Gasteiger partial charge in [-0.2, -0.15) is 0 Å². The van der Waals surface area contributed by atoms with Crippen molar-refractivity contribution in [1.82, 2.24) is 10.3 Å². The molecule has 0 bridgehead atoms. The number of nitrogens with one attached hydrogen (secondary N) is 1. The van der Waals surface area contributed by atoms with Crippen molar-refractivity contribution < 1.29 is 4.79 Å². The fourth-order valence-electron chi connectivity index (χ4n) is 1.31. The zero-order chi connectivity index (χ0) is 10.8. The Bertz CT molecular complexity index is 339. The van der Waals surface area contributed by atoms with Gasteiger partial charge in [-0.1, -0.05) is 26.8 Å². The van der Waals surface area contributed by atoms with Crippen LogP contribution in [-0.2, 0) is 5.41 Å². The number of hydrogen-bond donors (Lipinski definition) is 1. The second-order valence-electron chi connectivity index (χ2n) is 4.23. The lowest BCUT2D eigenvalue weighted by atomic mass is 9.85. The van der Waals surface area contributed by atoms with Crippen LogP contribution in [0.25, 0.3) is 0 Å². The van der Waals surface area contributed by atoms with Crippen molar-refractivity contribution in [2.45, 2.75) is 26.2 Å². The maximum atomic E-state index is 11.5. The van der Waals surface area contributed by atoms with Crippen molar-refractivity contribution in [2.75, 3.05) is 7.05 Å². The Hall–Kier alpha value is -1.38. The van der Waals surface area contributed by atoms with E-state index < -0.39 is 0 Å². The predicted molar refractivity (Wildman–Crippen MR) is 56.3 cm³/mol. The highest BCUT2D eigenvalue weighted by Gasteiger charge is 2.21. The van der Waals surface area contributed by atoms with Crippen LogP contribution >= 0.6 is 0 Å². The highest BCUT2D eigenvalue weighted by atomic mass is 16.1. The third-order valence-electron chi connectivity index (χ3n) is 2.06. The normalized spacial score (nSPS) is 11.1. The molecule has 0 spiro atoms. The number of aromatic nitrogens is 1. The van der Waals surface area contributed by atoms with Gasteiger partial charge in [0.2, 0.25) is 0 Å². The van der Waals surface area contributed by atoms with Crippen LogP contribution in [0.15, 0.2) is 18.3 Å². The first-order chi connectivity index (χ1) is 6.46. The summed E-state index contributed by atoms with van der Waals surface area (Å²) in [6.07, 6.45) is 1.64. The van der Waals surface area contributed by atoms with Crippen molar-refractivity contribution in [3.63, 3.8) is 0 Å². The molecule has 1 aromatic rings. The van der Waals surface area contributed by atoms with Crippen LogP contribution in [0.1, 0.15) is 36.8 Å². The summed E-state index contributed by atoms with van der Waals surface area (Å²) in [5.74, 6) is -0.129. The lowest BCUT2D eigenvalue weighted by molar-refractivity contribution is 0.0955. The molecule has 1 N–H and O–H groups in total. The van der Waals surface area contributed by atoms with Crippen LogP contribution in [-0.4, -0.2) is 17.9 Å². The van der Waals surface area contributed by atoms with Gasteiger partial charge in [0.15, 0.2) is 0 Å². The highest BCUT2D eigenvalue weighted by Crippen LogP contribution is 2.24. The Balaban J connectivity index is 3.23. The van der Waals surface area contributed by atoms with Crippen molar-refractivity contribution >= 4 is 5.91 Å². The summed E-state index contributed by atoms with van der Waals surface area (Å²) in [5, 5.41) is 2.59. The van der Waals surface area contributed by atoms with Gasteiger partial charge in [-0.15, -0.1) is 0 Å². The van der Waals surface area contributed by atoms with E-state index in [9.17, 15) is 4.79 Å². The maximum Gasteiger partial charge on any atom is 0.269 e. The molecule has 0 aliphatic heterocycles. The van der Waals surface area contributed by atoms with Crippen LogP contribution in [0.2, 0.25) is 0 Å². The molecule has 1 aromatic heterocycles. The molecule has 1 amide bonds. The van der Waals surface area contributed by atoms with E-state index in [2.05, 4.69) is 31.1 Å². The van der Waals surface area contributed by atoms with Crippen molar-refractivity contribution in [3.8, 4) is 0 Å². The van der Waals surface area contributed by atoms with Gasteiger partial charge in [-0.05, 0) is 17.0 Å². The van der Waals surface area contributed by atoms with Crippen LogP contribution in [0.3, 0.4) is 0 Å². The van der Waals surface area contributed by atoms with Gasteiger partial charge in [0, 0.05) is 13.2 Å². The van der Waals surface area contributed by atoms with Gasteiger partial charge in [-0.25, -0.2) is 0 Å². The standard InChI is InChI=1S/C11H16N2O/c1-11(2,3)8-6-5-7-13-9(8)10(14)12-4/h5-7H,1-4H3,(H,12,14). The number of pyridine rings is 1. The molecule has 0 atom stereocenters. The number of carbonyl (C=O) groups is 1. The first-order valence-corrected chi connectivity index (χ1v) is 4.64. The molecule has 76 valence electrons. The van der Waals surface area contributed by atoms with Crippen molar-refractivity contribution in [1.29, 1.82) is 0 Å². The number of amides is 1. The van der Waals surface area contributed by atoms with E-state index in [1.807, 2.05) is 12.1 Å². The first-order valence-electron chi connectivity index (χ1n) is 4.64. The molecular formula is C11H16N2O. The van der Waals surface area contributed by atoms with E-state index in [0.717, 1.165) is 5.56 Å².